The molecule has 1 saturated heterocycles. The monoisotopic (exact) mass is 609 g/mol. The minimum atomic E-state index is -1.39. The zero-order chi connectivity index (χ0) is 30.6. The summed E-state index contributed by atoms with van der Waals surface area (Å²) in [7, 11) is 0. The molecule has 13 heteroatoms. The predicted octanol–water partition coefficient (Wildman–Crippen LogP) is 2.94. The van der Waals surface area contributed by atoms with Crippen molar-refractivity contribution in [3.63, 3.8) is 0 Å². The lowest BCUT2D eigenvalue weighted by Crippen LogP contribution is -2.49. The van der Waals surface area contributed by atoms with Crippen molar-refractivity contribution in [3.8, 4) is 0 Å². The number of carboxylic acids is 1. The molecule has 0 aliphatic carbocycles. The Bertz CT molecular complexity index is 1400. The molecule has 12 nitrogen and oxygen atoms in total. The Hall–Kier alpha value is -4.68. The van der Waals surface area contributed by atoms with Crippen LogP contribution in [0.25, 0.3) is 0 Å². The molecule has 1 aromatic heterocycles. The van der Waals surface area contributed by atoms with Crippen LogP contribution >= 0.6 is 11.6 Å². The molecule has 3 aromatic rings. The molecule has 0 spiro atoms. The van der Waals surface area contributed by atoms with Gasteiger partial charge in [-0.05, 0) is 36.2 Å². The maximum absolute atomic E-state index is 13.0. The number of nitrogens with one attached hydrogen (secondary N) is 3. The van der Waals surface area contributed by atoms with Crippen LogP contribution in [-0.4, -0.2) is 83.3 Å². The number of benzene rings is 2. The van der Waals surface area contributed by atoms with Crippen molar-refractivity contribution in [2.24, 2.45) is 0 Å². The van der Waals surface area contributed by atoms with Gasteiger partial charge in [-0.1, -0.05) is 60.1 Å². The molecule has 3 amide bonds. The average molecular weight is 610 g/mol. The summed E-state index contributed by atoms with van der Waals surface area (Å²) in [5.41, 5.74) is 0.968. The molecule has 0 bridgehead atoms. The standard InChI is InChI=1S/C30H32ClN5O7/c31-24-11-5-4-10-23(24)28(38)35-25(29(39)40)16-34-27(37)19-42-22-14-21(15-33-26-12-6-7-13-32-26)36(17-22)30(41)43-18-20-8-2-1-3-9-20/h1-13,21-22,25H,14-19H2,(H,32,33)(H,34,37)(H,35,38)(H,39,40). The van der Waals surface area contributed by atoms with Crippen molar-refractivity contribution in [1.82, 2.24) is 20.5 Å². The molecule has 226 valence electrons. The lowest BCUT2D eigenvalue weighted by atomic mass is 10.2. The van der Waals surface area contributed by atoms with Crippen molar-refractivity contribution >= 4 is 41.3 Å². The Morgan fingerprint density at radius 1 is 1.02 bits per heavy atom. The third-order valence-electron chi connectivity index (χ3n) is 6.67. The Labute approximate surface area is 253 Å². The second-order valence-corrected chi connectivity index (χ2v) is 10.2. The molecule has 0 radical (unpaired) electrons. The molecule has 4 N–H and O–H groups in total. The first-order chi connectivity index (χ1) is 20.8. The van der Waals surface area contributed by atoms with Gasteiger partial charge in [0.05, 0.1) is 29.3 Å². The van der Waals surface area contributed by atoms with Crippen molar-refractivity contribution in [2.45, 2.75) is 31.2 Å². The van der Waals surface area contributed by atoms with Crippen LogP contribution in [0.3, 0.4) is 0 Å². The Balaban J connectivity index is 1.29. The molecule has 1 fully saturated rings. The van der Waals surface area contributed by atoms with Crippen LogP contribution in [0, 0.1) is 0 Å². The number of nitrogens with zero attached hydrogens (tertiary/aromatic N) is 2. The van der Waals surface area contributed by atoms with Gasteiger partial charge >= 0.3 is 12.1 Å². The molecule has 43 heavy (non-hydrogen) atoms. The minimum absolute atomic E-state index is 0.113. The second-order valence-electron chi connectivity index (χ2n) is 9.76. The molecule has 2 heterocycles. The lowest BCUT2D eigenvalue weighted by molar-refractivity contribution is -0.139. The minimum Gasteiger partial charge on any atom is -0.480 e. The Morgan fingerprint density at radius 3 is 2.49 bits per heavy atom. The highest BCUT2D eigenvalue weighted by atomic mass is 35.5. The van der Waals surface area contributed by atoms with E-state index in [1.807, 2.05) is 42.5 Å². The lowest BCUT2D eigenvalue weighted by Gasteiger charge is -2.24. The summed E-state index contributed by atoms with van der Waals surface area (Å²) in [6.07, 6.45) is 1.11. The Kier molecular flexibility index (Phi) is 11.3. The van der Waals surface area contributed by atoms with Gasteiger partial charge in [0, 0.05) is 19.3 Å². The van der Waals surface area contributed by atoms with Gasteiger partial charge in [-0.3, -0.25) is 9.59 Å². The number of aliphatic carboxylic acids is 1. The first-order valence-electron chi connectivity index (χ1n) is 13.6. The highest BCUT2D eigenvalue weighted by Gasteiger charge is 2.37. The van der Waals surface area contributed by atoms with Gasteiger partial charge in [0.2, 0.25) is 5.91 Å². The quantitative estimate of drug-likeness (QED) is 0.228. The number of hydrogen-bond acceptors (Lipinski definition) is 8. The fraction of sp³-hybridized carbons (Fsp3) is 0.300. The first kappa shape index (κ1) is 31.3. The maximum Gasteiger partial charge on any atom is 0.410 e. The molecular formula is C30H32ClN5O7. The molecule has 2 aromatic carbocycles. The summed E-state index contributed by atoms with van der Waals surface area (Å²) in [4.78, 5) is 55.5. The van der Waals surface area contributed by atoms with Crippen LogP contribution in [0.4, 0.5) is 10.6 Å². The van der Waals surface area contributed by atoms with E-state index in [2.05, 4.69) is 20.9 Å². The smallest absolute Gasteiger partial charge is 0.410 e. The molecule has 1 aliphatic heterocycles. The van der Waals surface area contributed by atoms with Crippen molar-refractivity contribution in [3.05, 3.63) is 95.1 Å². The van der Waals surface area contributed by atoms with Gasteiger partial charge in [-0.2, -0.15) is 0 Å². The molecule has 4 rings (SSSR count). The van der Waals surface area contributed by atoms with Crippen LogP contribution in [0.2, 0.25) is 5.02 Å². The maximum atomic E-state index is 13.0. The van der Waals surface area contributed by atoms with E-state index in [-0.39, 0.29) is 42.9 Å². The molecule has 3 atom stereocenters. The fourth-order valence-electron chi connectivity index (χ4n) is 4.45. The number of rotatable bonds is 13. The van der Waals surface area contributed by atoms with Crippen LogP contribution < -0.4 is 16.0 Å². The number of pyridine rings is 1. The fourth-order valence-corrected chi connectivity index (χ4v) is 4.67. The highest BCUT2D eigenvalue weighted by Crippen LogP contribution is 2.22. The number of carbonyl (C=O) groups is 4. The van der Waals surface area contributed by atoms with Gasteiger partial charge in [0.1, 0.15) is 25.1 Å². The van der Waals surface area contributed by atoms with Crippen LogP contribution in [-0.2, 0) is 25.7 Å². The number of halogens is 1. The zero-order valence-electron chi connectivity index (χ0n) is 23.1. The number of ether oxygens (including phenoxy) is 2. The van der Waals surface area contributed by atoms with Crippen LogP contribution in [0.5, 0.6) is 0 Å². The van der Waals surface area contributed by atoms with E-state index < -0.39 is 36.0 Å². The Morgan fingerprint density at radius 2 is 1.77 bits per heavy atom. The number of carboxylic acid groups (broad SMARTS) is 1. The van der Waals surface area contributed by atoms with E-state index in [1.165, 1.54) is 12.1 Å². The highest BCUT2D eigenvalue weighted by molar-refractivity contribution is 6.33. The number of aromatic nitrogens is 1. The molecular weight excluding hydrogens is 578 g/mol. The first-order valence-corrected chi connectivity index (χ1v) is 14.0. The van der Waals surface area contributed by atoms with Gasteiger partial charge in [0.15, 0.2) is 0 Å². The summed E-state index contributed by atoms with van der Waals surface area (Å²) in [6.45, 7) is -0.0476. The average Bonchev–Trinajstić information content (AvgIpc) is 3.44. The van der Waals surface area contributed by atoms with Gasteiger partial charge in [-0.25, -0.2) is 14.6 Å². The van der Waals surface area contributed by atoms with E-state index in [0.29, 0.717) is 18.8 Å². The van der Waals surface area contributed by atoms with E-state index in [0.717, 1.165) is 5.56 Å². The summed E-state index contributed by atoms with van der Waals surface area (Å²) in [6, 6.07) is 19.3. The van der Waals surface area contributed by atoms with Gasteiger partial charge in [0.25, 0.3) is 5.91 Å². The van der Waals surface area contributed by atoms with Gasteiger partial charge < -0.3 is 35.4 Å². The summed E-state index contributed by atoms with van der Waals surface area (Å²) >= 11 is 6.02. The molecule has 3 unspecified atom stereocenters. The van der Waals surface area contributed by atoms with E-state index in [9.17, 15) is 24.3 Å². The number of amides is 3. The largest absolute Gasteiger partial charge is 0.480 e. The third-order valence-corrected chi connectivity index (χ3v) is 7.00. The van der Waals surface area contributed by atoms with Crippen LogP contribution in [0.15, 0.2) is 79.0 Å². The third kappa shape index (κ3) is 9.42. The number of hydrogen-bond donors (Lipinski definition) is 4. The van der Waals surface area contributed by atoms with Crippen molar-refractivity contribution in [1.29, 1.82) is 0 Å². The van der Waals surface area contributed by atoms with E-state index >= 15 is 0 Å². The van der Waals surface area contributed by atoms with Crippen LogP contribution in [0.1, 0.15) is 22.3 Å². The second kappa shape index (κ2) is 15.5. The van der Waals surface area contributed by atoms with Gasteiger partial charge in [-0.15, -0.1) is 0 Å². The normalized spacial score (nSPS) is 16.6. The van der Waals surface area contributed by atoms with E-state index in [1.54, 1.807) is 29.3 Å². The van der Waals surface area contributed by atoms with Crippen molar-refractivity contribution < 1.29 is 33.8 Å². The van der Waals surface area contributed by atoms with E-state index in [4.69, 9.17) is 21.1 Å². The summed E-state index contributed by atoms with van der Waals surface area (Å²) in [5, 5.41) is 17.7. The zero-order valence-corrected chi connectivity index (χ0v) is 23.9. The number of anilines is 1. The number of likely N-dealkylation sites (tertiary alicyclic amines) is 1. The summed E-state index contributed by atoms with van der Waals surface area (Å²) < 4.78 is 11.3. The molecule has 1 aliphatic rings. The topological polar surface area (TPSA) is 159 Å². The van der Waals surface area contributed by atoms with Crippen molar-refractivity contribution in [2.75, 3.05) is 31.6 Å². The number of carbonyl (C=O) groups excluding carboxylic acids is 3. The predicted molar refractivity (Wildman–Crippen MR) is 158 cm³/mol. The summed E-state index contributed by atoms with van der Waals surface area (Å²) in [5.74, 6) is -1.94. The molecule has 0 saturated carbocycles. The SMILES string of the molecule is O=C(COC1CC(CNc2ccccn2)N(C(=O)OCc2ccccc2)C1)NCC(NC(=O)c1ccccc1Cl)C(=O)O.